The molecule has 0 saturated heterocycles. The van der Waals surface area contributed by atoms with Crippen molar-refractivity contribution in [2.45, 2.75) is 32.7 Å². The van der Waals surface area contributed by atoms with Crippen molar-refractivity contribution < 1.29 is 4.74 Å². The first-order chi connectivity index (χ1) is 8.89. The third-order valence-electron chi connectivity index (χ3n) is 2.43. The Labute approximate surface area is 124 Å². The number of nitrogens with zero attached hydrogens (tertiary/aromatic N) is 1. The van der Waals surface area contributed by atoms with Gasteiger partial charge in [0, 0.05) is 13.7 Å². The van der Waals surface area contributed by atoms with Gasteiger partial charge in [-0.05, 0) is 26.3 Å². The molecule has 0 radical (unpaired) electrons. The fourth-order valence-corrected chi connectivity index (χ4v) is 2.11. The zero-order valence-corrected chi connectivity index (χ0v) is 13.3. The quantitative estimate of drug-likeness (QED) is 0.798. The molecule has 0 aliphatic rings. The predicted octanol–water partition coefficient (Wildman–Crippen LogP) is 4.05. The molecule has 0 fully saturated rings. The molecule has 1 aromatic rings. The van der Waals surface area contributed by atoms with Crippen molar-refractivity contribution in [2.24, 2.45) is 0 Å². The number of anilines is 2. The van der Waals surface area contributed by atoms with E-state index in [1.807, 2.05) is 13.8 Å². The number of nitrogens with one attached hydrogen (secondary N) is 2. The van der Waals surface area contributed by atoms with Gasteiger partial charge in [0.1, 0.15) is 11.6 Å². The minimum absolute atomic E-state index is 0.263. The SMILES string of the molecule is CCCNc1nc(NC(C)(C)COC)c(Cl)cc1Cl. The topological polar surface area (TPSA) is 46.2 Å². The summed E-state index contributed by atoms with van der Waals surface area (Å²) in [5, 5.41) is 7.46. The maximum atomic E-state index is 6.16. The molecule has 0 aromatic carbocycles. The summed E-state index contributed by atoms with van der Waals surface area (Å²) in [6.07, 6.45) is 0.999. The largest absolute Gasteiger partial charge is 0.382 e. The molecule has 19 heavy (non-hydrogen) atoms. The van der Waals surface area contributed by atoms with E-state index in [0.717, 1.165) is 13.0 Å². The lowest BCUT2D eigenvalue weighted by molar-refractivity contribution is 0.158. The molecule has 0 aliphatic carbocycles. The number of halogens is 2. The van der Waals surface area contributed by atoms with Gasteiger partial charge in [-0.3, -0.25) is 0 Å². The smallest absolute Gasteiger partial charge is 0.147 e. The van der Waals surface area contributed by atoms with E-state index in [1.54, 1.807) is 13.2 Å². The number of pyridine rings is 1. The molecule has 0 atom stereocenters. The maximum Gasteiger partial charge on any atom is 0.147 e. The summed E-state index contributed by atoms with van der Waals surface area (Å²) >= 11 is 12.3. The number of hydrogen-bond acceptors (Lipinski definition) is 4. The van der Waals surface area contributed by atoms with Crippen LogP contribution in [0.1, 0.15) is 27.2 Å². The van der Waals surface area contributed by atoms with Crippen molar-refractivity contribution in [3.63, 3.8) is 0 Å². The number of rotatable bonds is 7. The third kappa shape index (κ3) is 5.05. The van der Waals surface area contributed by atoms with Gasteiger partial charge in [-0.15, -0.1) is 0 Å². The summed E-state index contributed by atoms with van der Waals surface area (Å²) in [5.74, 6) is 1.25. The van der Waals surface area contributed by atoms with E-state index in [-0.39, 0.29) is 5.54 Å². The van der Waals surface area contributed by atoms with E-state index < -0.39 is 0 Å². The van der Waals surface area contributed by atoms with Crippen LogP contribution < -0.4 is 10.6 Å². The second-order valence-electron chi connectivity index (χ2n) is 5.02. The van der Waals surface area contributed by atoms with E-state index in [1.165, 1.54) is 0 Å². The van der Waals surface area contributed by atoms with Crippen LogP contribution >= 0.6 is 23.2 Å². The molecule has 4 nitrogen and oxygen atoms in total. The lowest BCUT2D eigenvalue weighted by Crippen LogP contribution is -2.36. The van der Waals surface area contributed by atoms with Crippen molar-refractivity contribution in [1.82, 2.24) is 4.98 Å². The first kappa shape index (κ1) is 16.3. The molecular weight excluding hydrogens is 285 g/mol. The van der Waals surface area contributed by atoms with Crippen LogP contribution in [0.3, 0.4) is 0 Å². The van der Waals surface area contributed by atoms with E-state index in [2.05, 4.69) is 22.5 Å². The summed E-state index contributed by atoms with van der Waals surface area (Å²) < 4.78 is 5.16. The van der Waals surface area contributed by atoms with Crippen molar-refractivity contribution >= 4 is 34.8 Å². The molecular formula is C13H21Cl2N3O. The van der Waals surface area contributed by atoms with Gasteiger partial charge in [-0.1, -0.05) is 30.1 Å². The van der Waals surface area contributed by atoms with Crippen LogP contribution in [0, 0.1) is 0 Å². The van der Waals surface area contributed by atoms with Gasteiger partial charge in [-0.25, -0.2) is 4.98 Å². The molecule has 108 valence electrons. The van der Waals surface area contributed by atoms with Gasteiger partial charge in [-0.2, -0.15) is 0 Å². The van der Waals surface area contributed by atoms with Crippen molar-refractivity contribution in [2.75, 3.05) is 30.9 Å². The summed E-state index contributed by atoms with van der Waals surface area (Å²) in [5.41, 5.74) is -0.263. The highest BCUT2D eigenvalue weighted by atomic mass is 35.5. The third-order valence-corrected chi connectivity index (χ3v) is 3.01. The Hall–Kier alpha value is -0.710. The fraction of sp³-hybridized carbons (Fsp3) is 0.615. The summed E-state index contributed by atoms with van der Waals surface area (Å²) in [7, 11) is 1.66. The number of aromatic nitrogens is 1. The van der Waals surface area contributed by atoms with E-state index >= 15 is 0 Å². The van der Waals surface area contributed by atoms with E-state index in [0.29, 0.717) is 28.3 Å². The average molecular weight is 306 g/mol. The lowest BCUT2D eigenvalue weighted by atomic mass is 10.1. The predicted molar refractivity (Wildman–Crippen MR) is 82.6 cm³/mol. The van der Waals surface area contributed by atoms with Crippen molar-refractivity contribution in [1.29, 1.82) is 0 Å². The fourth-order valence-electron chi connectivity index (χ4n) is 1.64. The first-order valence-electron chi connectivity index (χ1n) is 6.26. The first-order valence-corrected chi connectivity index (χ1v) is 7.02. The summed E-state index contributed by atoms with van der Waals surface area (Å²) in [6.45, 7) is 7.48. The number of methoxy groups -OCH3 is 1. The van der Waals surface area contributed by atoms with Crippen LogP contribution in [0.4, 0.5) is 11.6 Å². The highest BCUT2D eigenvalue weighted by Gasteiger charge is 2.20. The molecule has 0 saturated carbocycles. The molecule has 0 aliphatic heterocycles. The Morgan fingerprint density at radius 1 is 1.26 bits per heavy atom. The Morgan fingerprint density at radius 2 is 1.89 bits per heavy atom. The maximum absolute atomic E-state index is 6.16. The second-order valence-corrected chi connectivity index (χ2v) is 5.83. The monoisotopic (exact) mass is 305 g/mol. The van der Waals surface area contributed by atoms with Crippen LogP contribution in [0.5, 0.6) is 0 Å². The van der Waals surface area contributed by atoms with Crippen LogP contribution in [0.15, 0.2) is 6.07 Å². The van der Waals surface area contributed by atoms with Crippen LogP contribution in [-0.2, 0) is 4.74 Å². The second kappa shape index (κ2) is 7.17. The molecule has 0 bridgehead atoms. The standard InChI is InChI=1S/C13H21Cl2N3O/c1-5-6-16-11-9(14)7-10(15)12(17-11)18-13(2,3)8-19-4/h7H,5-6,8H2,1-4H3,(H2,16,17,18). The molecule has 6 heteroatoms. The van der Waals surface area contributed by atoms with E-state index in [9.17, 15) is 0 Å². The van der Waals surface area contributed by atoms with Gasteiger partial charge in [0.25, 0.3) is 0 Å². The molecule has 1 rings (SSSR count). The van der Waals surface area contributed by atoms with Crippen LogP contribution in [-0.4, -0.2) is 30.8 Å². The molecule has 0 spiro atoms. The Bertz CT molecular complexity index is 425. The molecule has 1 aromatic heterocycles. The van der Waals surface area contributed by atoms with Gasteiger partial charge in [0.2, 0.25) is 0 Å². The van der Waals surface area contributed by atoms with E-state index in [4.69, 9.17) is 27.9 Å². The number of ether oxygens (including phenoxy) is 1. The molecule has 1 heterocycles. The van der Waals surface area contributed by atoms with Crippen LogP contribution in [0.25, 0.3) is 0 Å². The molecule has 0 unspecified atom stereocenters. The van der Waals surface area contributed by atoms with Gasteiger partial charge >= 0.3 is 0 Å². The Kier molecular flexibility index (Phi) is 6.17. The minimum Gasteiger partial charge on any atom is -0.382 e. The van der Waals surface area contributed by atoms with Gasteiger partial charge in [0.15, 0.2) is 0 Å². The number of hydrogen-bond donors (Lipinski definition) is 2. The summed E-state index contributed by atoms with van der Waals surface area (Å²) in [6, 6.07) is 1.69. The zero-order valence-electron chi connectivity index (χ0n) is 11.8. The Balaban J connectivity index is 2.94. The van der Waals surface area contributed by atoms with Crippen LogP contribution in [0.2, 0.25) is 10.0 Å². The van der Waals surface area contributed by atoms with Gasteiger partial charge in [0.05, 0.1) is 22.2 Å². The summed E-state index contributed by atoms with van der Waals surface area (Å²) in [4.78, 5) is 4.44. The molecule has 0 amide bonds. The normalized spacial score (nSPS) is 11.5. The zero-order chi connectivity index (χ0) is 14.5. The lowest BCUT2D eigenvalue weighted by Gasteiger charge is -2.26. The Morgan fingerprint density at radius 3 is 2.47 bits per heavy atom. The van der Waals surface area contributed by atoms with Crippen molar-refractivity contribution in [3.05, 3.63) is 16.1 Å². The average Bonchev–Trinajstić information content (AvgIpc) is 2.31. The highest BCUT2D eigenvalue weighted by Crippen LogP contribution is 2.30. The van der Waals surface area contributed by atoms with Crippen molar-refractivity contribution in [3.8, 4) is 0 Å². The highest BCUT2D eigenvalue weighted by molar-refractivity contribution is 6.37. The minimum atomic E-state index is -0.263. The molecule has 2 N–H and O–H groups in total. The van der Waals surface area contributed by atoms with Gasteiger partial charge < -0.3 is 15.4 Å².